The highest BCUT2D eigenvalue weighted by Gasteiger charge is 2.57. The number of carbonyl (C=O) groups is 1. The molecule has 6 rings (SSSR count). The quantitative estimate of drug-likeness (QED) is 0.659. The van der Waals surface area contributed by atoms with E-state index in [9.17, 15) is 4.79 Å². The Labute approximate surface area is 182 Å². The number of nitrogens with zero attached hydrogens (tertiary/aromatic N) is 4. The Morgan fingerprint density at radius 3 is 2.45 bits per heavy atom. The summed E-state index contributed by atoms with van der Waals surface area (Å²) >= 11 is 4.06. The maximum Gasteiger partial charge on any atom is 0.225 e. The van der Waals surface area contributed by atoms with Gasteiger partial charge in [0.05, 0.1) is 0 Å². The minimum Gasteiger partial charge on any atom is -0.355 e. The van der Waals surface area contributed by atoms with E-state index in [1.54, 1.807) is 12.4 Å². The molecule has 1 aliphatic heterocycles. The maximum absolute atomic E-state index is 12.7. The van der Waals surface area contributed by atoms with E-state index in [0.717, 1.165) is 63.5 Å². The van der Waals surface area contributed by atoms with Crippen LogP contribution in [0.15, 0.2) is 18.5 Å². The second kappa shape index (κ2) is 7.80. The lowest BCUT2D eigenvalue weighted by Crippen LogP contribution is -2.54. The van der Waals surface area contributed by atoms with Crippen LogP contribution in [0.1, 0.15) is 44.9 Å². The van der Waals surface area contributed by atoms with Crippen LogP contribution in [0.3, 0.4) is 0 Å². The molecule has 0 aromatic carbocycles. The predicted molar refractivity (Wildman–Crippen MR) is 117 cm³/mol. The number of piperazine rings is 1. The van der Waals surface area contributed by atoms with Crippen molar-refractivity contribution in [1.82, 2.24) is 20.2 Å². The lowest BCUT2D eigenvalue weighted by Gasteiger charge is -2.60. The first kappa shape index (κ1) is 19.7. The molecule has 0 spiro atoms. The molecule has 1 aromatic rings. The Morgan fingerprint density at radius 1 is 1.10 bits per heavy atom. The van der Waals surface area contributed by atoms with Crippen molar-refractivity contribution in [3.05, 3.63) is 18.5 Å². The summed E-state index contributed by atoms with van der Waals surface area (Å²) in [6.07, 6.45) is 12.1. The molecule has 1 aromatic heterocycles. The largest absolute Gasteiger partial charge is 0.355 e. The molecule has 2 unspecified atom stereocenters. The molecule has 2 atom stereocenters. The molecule has 0 radical (unpaired) electrons. The molecule has 158 valence electrons. The van der Waals surface area contributed by atoms with Crippen molar-refractivity contribution in [3.63, 3.8) is 0 Å². The van der Waals surface area contributed by atoms with Gasteiger partial charge in [-0.05, 0) is 61.8 Å². The molecule has 4 bridgehead atoms. The third kappa shape index (κ3) is 4.31. The minimum absolute atomic E-state index is 0.263. The van der Waals surface area contributed by atoms with Gasteiger partial charge in [-0.25, -0.2) is 9.97 Å². The number of amides is 1. The zero-order valence-corrected chi connectivity index (χ0v) is 18.7. The van der Waals surface area contributed by atoms with Gasteiger partial charge in [-0.2, -0.15) is 0 Å². The first-order valence-electron chi connectivity index (χ1n) is 11.2. The normalized spacial score (nSPS) is 36.4. The summed E-state index contributed by atoms with van der Waals surface area (Å²) in [7, 11) is 0. The molecule has 4 saturated carbocycles. The van der Waals surface area contributed by atoms with Crippen molar-refractivity contribution in [2.24, 2.45) is 17.3 Å². The van der Waals surface area contributed by atoms with Crippen molar-refractivity contribution in [2.45, 2.75) is 49.3 Å². The maximum atomic E-state index is 12.7. The molecule has 4 aliphatic carbocycles. The Kier molecular flexibility index (Phi) is 5.31. The molecular formula is C22H32BrN5O. The number of anilines is 1. The van der Waals surface area contributed by atoms with Crippen molar-refractivity contribution in [2.75, 3.05) is 44.2 Å². The molecule has 1 amide bonds. The Balaban J connectivity index is 1.05. The first-order chi connectivity index (χ1) is 14.0. The molecule has 29 heavy (non-hydrogen) atoms. The fraction of sp³-hybridized carbons (Fsp3) is 0.773. The summed E-state index contributed by atoms with van der Waals surface area (Å²) < 4.78 is 0.333. The highest BCUT2D eigenvalue weighted by molar-refractivity contribution is 9.10. The molecular weight excluding hydrogens is 430 g/mol. The zero-order chi connectivity index (χ0) is 19.9. The van der Waals surface area contributed by atoms with Crippen LogP contribution in [0.5, 0.6) is 0 Å². The average Bonchev–Trinajstić information content (AvgIpc) is 2.67. The number of aromatic nitrogens is 2. The molecule has 6 nitrogen and oxygen atoms in total. The zero-order valence-electron chi connectivity index (χ0n) is 17.2. The highest BCUT2D eigenvalue weighted by atomic mass is 79.9. The van der Waals surface area contributed by atoms with Gasteiger partial charge in [-0.1, -0.05) is 15.9 Å². The summed E-state index contributed by atoms with van der Waals surface area (Å²) in [5.41, 5.74) is 0.263. The van der Waals surface area contributed by atoms with Gasteiger partial charge in [0.2, 0.25) is 11.9 Å². The van der Waals surface area contributed by atoms with Crippen LogP contribution in [0.2, 0.25) is 0 Å². The van der Waals surface area contributed by atoms with Crippen LogP contribution < -0.4 is 10.2 Å². The minimum atomic E-state index is 0.263. The summed E-state index contributed by atoms with van der Waals surface area (Å²) in [5.74, 6) is 2.77. The topological polar surface area (TPSA) is 61.4 Å². The highest BCUT2D eigenvalue weighted by Crippen LogP contribution is 2.65. The Bertz CT molecular complexity index is 722. The average molecular weight is 462 g/mol. The number of alkyl halides is 1. The summed E-state index contributed by atoms with van der Waals surface area (Å²) in [4.78, 5) is 26.1. The second-order valence-electron chi connectivity index (χ2n) is 10.0. The number of rotatable bonds is 6. The number of carbonyl (C=O) groups excluding carboxylic acids is 1. The van der Waals surface area contributed by atoms with Crippen LogP contribution in [-0.4, -0.2) is 64.4 Å². The summed E-state index contributed by atoms with van der Waals surface area (Å²) in [6, 6.07) is 1.85. The number of hydrogen-bond donors (Lipinski definition) is 1. The standard InChI is InChI=1S/C22H32BrN5O/c23-22-13-17-10-18(14-22)12-21(11-17,16-22)15-19(29)24-4-5-27-6-8-28(9-7-27)20-25-2-1-3-26-20/h1-3,17-18H,4-16H2,(H,24,29). The van der Waals surface area contributed by atoms with Gasteiger partial charge in [0.15, 0.2) is 0 Å². The Hall–Kier alpha value is -1.21. The second-order valence-corrected chi connectivity index (χ2v) is 11.7. The smallest absolute Gasteiger partial charge is 0.225 e. The molecule has 5 aliphatic rings. The van der Waals surface area contributed by atoms with Gasteiger partial charge in [0, 0.05) is 62.4 Å². The van der Waals surface area contributed by atoms with Crippen molar-refractivity contribution >= 4 is 27.8 Å². The van der Waals surface area contributed by atoms with Crippen molar-refractivity contribution in [1.29, 1.82) is 0 Å². The molecule has 2 heterocycles. The number of halogens is 1. The van der Waals surface area contributed by atoms with E-state index >= 15 is 0 Å². The molecule has 1 N–H and O–H groups in total. The summed E-state index contributed by atoms with van der Waals surface area (Å²) in [5, 5.41) is 3.23. The SMILES string of the molecule is O=C(CC12CC3CC(CC(Br)(C3)C1)C2)NCCN1CCN(c2ncccn2)CC1. The molecule has 5 fully saturated rings. The number of hydrogen-bond acceptors (Lipinski definition) is 5. The fourth-order valence-electron chi connectivity index (χ4n) is 6.93. The predicted octanol–water partition coefficient (Wildman–Crippen LogP) is 2.84. The van der Waals surface area contributed by atoms with Crippen LogP contribution in [0, 0.1) is 17.3 Å². The molecule has 1 saturated heterocycles. The molecule has 7 heteroatoms. The third-order valence-corrected chi connectivity index (χ3v) is 8.53. The van der Waals surface area contributed by atoms with Crippen molar-refractivity contribution < 1.29 is 4.79 Å². The Morgan fingerprint density at radius 2 is 1.79 bits per heavy atom. The van der Waals surface area contributed by atoms with Gasteiger partial charge < -0.3 is 10.2 Å². The third-order valence-electron chi connectivity index (χ3n) is 7.60. The van der Waals surface area contributed by atoms with Crippen LogP contribution >= 0.6 is 15.9 Å². The van der Waals surface area contributed by atoms with Gasteiger partial charge in [-0.3, -0.25) is 9.69 Å². The van der Waals surface area contributed by atoms with Crippen LogP contribution in [0.25, 0.3) is 0 Å². The van der Waals surface area contributed by atoms with E-state index in [2.05, 4.69) is 41.0 Å². The van der Waals surface area contributed by atoms with E-state index in [-0.39, 0.29) is 11.3 Å². The van der Waals surface area contributed by atoms with Gasteiger partial charge in [0.25, 0.3) is 0 Å². The van der Waals surface area contributed by atoms with E-state index in [1.165, 1.54) is 38.5 Å². The van der Waals surface area contributed by atoms with Gasteiger partial charge in [-0.15, -0.1) is 0 Å². The van der Waals surface area contributed by atoms with Crippen LogP contribution in [0.4, 0.5) is 5.95 Å². The van der Waals surface area contributed by atoms with Crippen molar-refractivity contribution in [3.8, 4) is 0 Å². The van der Waals surface area contributed by atoms with E-state index in [4.69, 9.17) is 0 Å². The monoisotopic (exact) mass is 461 g/mol. The fourth-order valence-corrected chi connectivity index (χ4v) is 8.44. The lowest BCUT2D eigenvalue weighted by atomic mass is 9.48. The summed E-state index contributed by atoms with van der Waals surface area (Å²) in [6.45, 7) is 5.55. The number of nitrogens with one attached hydrogen (secondary N) is 1. The van der Waals surface area contributed by atoms with E-state index in [1.807, 2.05) is 6.07 Å². The van der Waals surface area contributed by atoms with E-state index < -0.39 is 0 Å². The van der Waals surface area contributed by atoms with Gasteiger partial charge in [0.1, 0.15) is 0 Å². The lowest BCUT2D eigenvalue weighted by molar-refractivity contribution is -0.128. The van der Waals surface area contributed by atoms with E-state index in [0.29, 0.717) is 4.32 Å². The van der Waals surface area contributed by atoms with Crippen LogP contribution in [-0.2, 0) is 4.79 Å². The first-order valence-corrected chi connectivity index (χ1v) is 12.0. The van der Waals surface area contributed by atoms with Gasteiger partial charge >= 0.3 is 0 Å².